The number of allylic oxidation sites excluding steroid dienone is 4. The van der Waals surface area contributed by atoms with Crippen LogP contribution in [0.25, 0.3) is 11.1 Å². The molecule has 2 aliphatic carbocycles. The van der Waals surface area contributed by atoms with Gasteiger partial charge in [0.25, 0.3) is 0 Å². The first-order valence-electron chi connectivity index (χ1n) is 7.92. The Labute approximate surface area is 150 Å². The average Bonchev–Trinajstić information content (AvgIpc) is 3.32. The van der Waals surface area contributed by atoms with Gasteiger partial charge >= 0.3 is 126 Å². The van der Waals surface area contributed by atoms with Crippen molar-refractivity contribution in [1.29, 1.82) is 0 Å². The Morgan fingerprint density at radius 3 is 2.33 bits per heavy atom. The van der Waals surface area contributed by atoms with Crippen molar-refractivity contribution in [2.45, 2.75) is 12.8 Å². The topological polar surface area (TPSA) is 46.1 Å². The summed E-state index contributed by atoms with van der Waals surface area (Å²) >= 11 is -1.54. The van der Waals surface area contributed by atoms with Gasteiger partial charge in [0.05, 0.1) is 0 Å². The molecule has 0 aliphatic heterocycles. The van der Waals surface area contributed by atoms with Crippen LogP contribution in [0.15, 0.2) is 64.6 Å². The Morgan fingerprint density at radius 2 is 1.62 bits per heavy atom. The van der Waals surface area contributed by atoms with Crippen LogP contribution < -0.4 is 14.1 Å². The molecule has 0 aromatic heterocycles. The first-order chi connectivity index (χ1) is 11.8. The maximum absolute atomic E-state index is 8.25. The van der Waals surface area contributed by atoms with Crippen LogP contribution >= 0.6 is 0 Å². The fourth-order valence-corrected chi connectivity index (χ4v) is 6.24. The second-order valence-corrected chi connectivity index (χ2v) is 8.81. The van der Waals surface area contributed by atoms with Crippen molar-refractivity contribution in [2.24, 2.45) is 0 Å². The minimum atomic E-state index is -1.54. The number of fused-ring (bicyclic) bond motifs is 3. The molecule has 0 spiro atoms. The van der Waals surface area contributed by atoms with E-state index < -0.39 is 17.4 Å². The molecule has 2 aromatic carbocycles. The van der Waals surface area contributed by atoms with Crippen LogP contribution in [0.1, 0.15) is 17.5 Å². The first-order valence-corrected chi connectivity index (χ1v) is 10.6. The maximum atomic E-state index is 8.25. The van der Waals surface area contributed by atoms with Crippen molar-refractivity contribution in [3.63, 3.8) is 0 Å². The number of hydrogen-bond donors (Lipinski definition) is 0. The van der Waals surface area contributed by atoms with Crippen LogP contribution in [0.2, 0.25) is 0 Å². The van der Waals surface area contributed by atoms with Crippen molar-refractivity contribution in [2.75, 3.05) is 14.2 Å². The van der Waals surface area contributed by atoms with E-state index in [0.717, 1.165) is 27.1 Å². The number of benzene rings is 2. The number of rotatable bonds is 2. The molecule has 0 radical (unpaired) electrons. The quantitative estimate of drug-likeness (QED) is 0.658. The molecule has 0 atom stereocenters. The van der Waals surface area contributed by atoms with Crippen molar-refractivity contribution in [1.82, 2.24) is 0 Å². The van der Waals surface area contributed by atoms with Gasteiger partial charge in [-0.15, -0.1) is 0 Å². The molecule has 0 unspecified atom stereocenters. The Hall–Kier alpha value is -1.58. The Kier molecular flexibility index (Phi) is 7.07. The second kappa shape index (κ2) is 9.05. The molecule has 0 heterocycles. The van der Waals surface area contributed by atoms with Crippen LogP contribution in [-0.4, -0.2) is 19.0 Å². The zero-order valence-electron chi connectivity index (χ0n) is 14.2. The molecule has 0 amide bonds. The fraction of sp³-hybridized carbons (Fsp3) is 0.190. The molecule has 2 aromatic rings. The molecule has 0 saturated carbocycles. The van der Waals surface area contributed by atoms with Gasteiger partial charge in [-0.1, -0.05) is 0 Å². The summed E-state index contributed by atoms with van der Waals surface area (Å²) in [7, 11) is 1.50. The van der Waals surface area contributed by atoms with E-state index in [0.29, 0.717) is 0 Å². The van der Waals surface area contributed by atoms with E-state index in [9.17, 15) is 0 Å². The van der Waals surface area contributed by atoms with E-state index in [4.69, 9.17) is 10.2 Å². The van der Waals surface area contributed by atoms with Crippen molar-refractivity contribution in [3.05, 3.63) is 75.7 Å². The third-order valence-corrected chi connectivity index (χ3v) is 7.87. The molecule has 122 valence electrons. The zero-order chi connectivity index (χ0) is 17.5. The van der Waals surface area contributed by atoms with E-state index in [1.807, 2.05) is 0 Å². The Bertz CT molecular complexity index is 788. The summed E-state index contributed by atoms with van der Waals surface area (Å²) in [5, 5.41) is 16.5. The minimum absolute atomic E-state index is 0.750. The van der Waals surface area contributed by atoms with E-state index in [2.05, 4.69) is 65.5 Å². The molecule has 0 fully saturated rings. The van der Waals surface area contributed by atoms with Crippen LogP contribution in [0.5, 0.6) is 0 Å². The molecular formula is C21H22O2Ti. The van der Waals surface area contributed by atoms with Gasteiger partial charge in [-0.3, -0.25) is 0 Å². The van der Waals surface area contributed by atoms with Gasteiger partial charge in [0.2, 0.25) is 0 Å². The van der Waals surface area contributed by atoms with Crippen LogP contribution in [0.3, 0.4) is 0 Å². The summed E-state index contributed by atoms with van der Waals surface area (Å²) in [6.07, 6.45) is 8.95. The summed E-state index contributed by atoms with van der Waals surface area (Å²) < 4.78 is 3.16. The van der Waals surface area contributed by atoms with Gasteiger partial charge in [0.15, 0.2) is 0 Å². The molecule has 0 N–H and O–H groups in total. The van der Waals surface area contributed by atoms with Gasteiger partial charge in [-0.05, 0) is 0 Å². The van der Waals surface area contributed by atoms with Crippen LogP contribution in [0, 0.1) is 0 Å². The van der Waals surface area contributed by atoms with Gasteiger partial charge < -0.3 is 10.2 Å². The first kappa shape index (κ1) is 18.8. The third kappa shape index (κ3) is 3.58. The summed E-state index contributed by atoms with van der Waals surface area (Å²) in [6, 6.07) is 15.6. The molecular weight excluding hydrogens is 332 g/mol. The Balaban J connectivity index is 0.000000487. The normalized spacial score (nSPS) is 12.5. The molecule has 4 rings (SSSR count). The van der Waals surface area contributed by atoms with E-state index >= 15 is 0 Å². The monoisotopic (exact) mass is 354 g/mol. The summed E-state index contributed by atoms with van der Waals surface area (Å²) in [6.45, 7) is 0. The Morgan fingerprint density at radius 1 is 0.917 bits per heavy atom. The number of hydrogen-bond acceptors (Lipinski definition) is 2. The molecule has 2 nitrogen and oxygen atoms in total. The van der Waals surface area contributed by atoms with E-state index in [-0.39, 0.29) is 0 Å². The standard InChI is InChI=1S/C13H9.C5H5.2CH3O.CH2.Ti/c1-3-7-12-10(5-1)9-11-6-2-4-8-13(11)12;1-2-4-5-3-1;2*1-2;;/h1-5,7-8H,9H2;1-3H,4H2;2*1H3;1H2;/q;;2*-1;;+2. The molecule has 3 heteroatoms. The SMILES string of the molecule is C[O-].C[O-].[CH2]=[Ti+2]([C]1=CC=CC1)[c]1cccc2c1Cc1ccccc1-2. The van der Waals surface area contributed by atoms with E-state index in [1.54, 1.807) is 13.3 Å². The van der Waals surface area contributed by atoms with Crippen molar-refractivity contribution in [3.8, 4) is 11.1 Å². The van der Waals surface area contributed by atoms with Gasteiger partial charge in [0, 0.05) is 0 Å². The fourth-order valence-electron chi connectivity index (χ4n) is 3.28. The third-order valence-electron chi connectivity index (χ3n) is 4.33. The van der Waals surface area contributed by atoms with Gasteiger partial charge in [0.1, 0.15) is 0 Å². The molecule has 0 saturated heterocycles. The zero-order valence-corrected chi connectivity index (χ0v) is 15.8. The van der Waals surface area contributed by atoms with Crippen molar-refractivity contribution >= 4 is 8.69 Å². The van der Waals surface area contributed by atoms with Crippen LogP contribution in [0.4, 0.5) is 0 Å². The predicted octanol–water partition coefficient (Wildman–Crippen LogP) is 1.73. The van der Waals surface area contributed by atoms with Crippen molar-refractivity contribution < 1.29 is 27.6 Å². The van der Waals surface area contributed by atoms with Crippen LogP contribution in [-0.2, 0) is 23.8 Å². The summed E-state index contributed by atoms with van der Waals surface area (Å²) in [5.74, 6) is 0. The van der Waals surface area contributed by atoms with Gasteiger partial charge in [-0.2, -0.15) is 14.2 Å². The molecule has 2 aliphatic rings. The average molecular weight is 354 g/mol. The van der Waals surface area contributed by atoms with Gasteiger partial charge in [-0.25, -0.2) is 0 Å². The molecule has 0 bridgehead atoms. The molecule has 24 heavy (non-hydrogen) atoms. The van der Waals surface area contributed by atoms with E-state index in [1.165, 1.54) is 16.7 Å². The summed E-state index contributed by atoms with van der Waals surface area (Å²) in [5.41, 5.74) is 5.89. The second-order valence-electron chi connectivity index (χ2n) is 5.47. The predicted molar refractivity (Wildman–Crippen MR) is 95.1 cm³/mol. The summed E-state index contributed by atoms with van der Waals surface area (Å²) in [4.78, 5) is 4.59.